The van der Waals surface area contributed by atoms with Crippen LogP contribution in [0.3, 0.4) is 0 Å². The van der Waals surface area contributed by atoms with Crippen molar-refractivity contribution in [3.63, 3.8) is 0 Å². The molecule has 1 saturated heterocycles. The van der Waals surface area contributed by atoms with E-state index >= 15 is 0 Å². The molecular formula is C32H34ClF3N8O5. The number of carbonyl (C=O) groups excluding carboxylic acids is 2. The number of hydrogen-bond donors (Lipinski definition) is 3. The van der Waals surface area contributed by atoms with Crippen LogP contribution >= 0.6 is 11.6 Å². The van der Waals surface area contributed by atoms with Crippen molar-refractivity contribution in [1.29, 1.82) is 0 Å². The second kappa shape index (κ2) is 13.2. The molecule has 0 saturated carbocycles. The Kier molecular flexibility index (Phi) is 9.58. The molecule has 4 aromatic rings. The summed E-state index contributed by atoms with van der Waals surface area (Å²) >= 11 is 6.09. The van der Waals surface area contributed by atoms with E-state index in [0.29, 0.717) is 17.5 Å². The number of benzene rings is 1. The number of aromatic hydroxyl groups is 1. The molecule has 3 N–H and O–H groups in total. The molecule has 0 unspecified atom stereocenters. The zero-order chi connectivity index (χ0) is 36.0. The van der Waals surface area contributed by atoms with Crippen LogP contribution in [0.4, 0.5) is 24.5 Å². The highest BCUT2D eigenvalue weighted by Crippen LogP contribution is 2.34. The van der Waals surface area contributed by atoms with E-state index in [9.17, 15) is 37.8 Å². The van der Waals surface area contributed by atoms with Gasteiger partial charge in [-0.25, -0.2) is 19.9 Å². The number of hydrogen-bond acceptors (Lipinski definition) is 10. The Morgan fingerprint density at radius 1 is 1.04 bits per heavy atom. The third-order valence-electron chi connectivity index (χ3n) is 8.21. The molecule has 1 fully saturated rings. The van der Waals surface area contributed by atoms with Gasteiger partial charge in [0.05, 0.1) is 33.4 Å². The first-order valence-electron chi connectivity index (χ1n) is 15.3. The maximum atomic E-state index is 14.2. The van der Waals surface area contributed by atoms with E-state index in [2.05, 4.69) is 25.3 Å². The Morgan fingerprint density at radius 3 is 2.31 bits per heavy atom. The molecular weight excluding hydrogens is 669 g/mol. The molecule has 0 atom stereocenters. The Labute approximate surface area is 283 Å². The Bertz CT molecular complexity index is 2020. The predicted octanol–water partition coefficient (Wildman–Crippen LogP) is 3.97. The van der Waals surface area contributed by atoms with Crippen molar-refractivity contribution in [3.8, 4) is 5.75 Å². The molecule has 0 bridgehead atoms. The first kappa shape index (κ1) is 35.5. The average Bonchev–Trinajstić information content (AvgIpc) is 3.03. The Hall–Kier alpha value is -4.83. The van der Waals surface area contributed by atoms with E-state index in [1.165, 1.54) is 29.6 Å². The monoisotopic (exact) mass is 702 g/mol. The van der Waals surface area contributed by atoms with Crippen molar-refractivity contribution < 1.29 is 33.0 Å². The van der Waals surface area contributed by atoms with Crippen LogP contribution in [0.1, 0.15) is 59.6 Å². The van der Waals surface area contributed by atoms with Gasteiger partial charge in [0.25, 0.3) is 5.91 Å². The van der Waals surface area contributed by atoms with Gasteiger partial charge in [0.2, 0.25) is 11.3 Å². The minimum Gasteiger partial charge on any atom is -0.504 e. The van der Waals surface area contributed by atoms with Crippen LogP contribution < -0.4 is 15.6 Å². The summed E-state index contributed by atoms with van der Waals surface area (Å²) < 4.78 is 41.0. The Morgan fingerprint density at radius 2 is 1.71 bits per heavy atom. The first-order chi connectivity index (χ1) is 22.9. The van der Waals surface area contributed by atoms with Gasteiger partial charge in [0.1, 0.15) is 24.2 Å². The number of nitrogens with zero attached hydrogens (tertiary/aromatic N) is 7. The van der Waals surface area contributed by atoms with Crippen LogP contribution in [0.2, 0.25) is 5.02 Å². The summed E-state index contributed by atoms with van der Waals surface area (Å²) in [5.74, 6) is -1.47. The first-order valence-corrected chi connectivity index (χ1v) is 15.7. The average molecular weight is 703 g/mol. The van der Waals surface area contributed by atoms with Gasteiger partial charge >= 0.3 is 6.18 Å². The van der Waals surface area contributed by atoms with E-state index in [-0.39, 0.29) is 83.0 Å². The van der Waals surface area contributed by atoms with Crippen LogP contribution in [-0.4, -0.2) is 77.6 Å². The van der Waals surface area contributed by atoms with Crippen molar-refractivity contribution in [3.05, 3.63) is 73.8 Å². The lowest BCUT2D eigenvalue weighted by molar-refractivity contribution is -0.137. The molecule has 0 radical (unpaired) electrons. The van der Waals surface area contributed by atoms with E-state index < -0.39 is 41.1 Å². The summed E-state index contributed by atoms with van der Waals surface area (Å²) in [7, 11) is 0. The molecule has 5 rings (SSSR count). The van der Waals surface area contributed by atoms with Crippen LogP contribution in [-0.2, 0) is 29.5 Å². The lowest BCUT2D eigenvalue weighted by Gasteiger charge is -2.37. The largest absolute Gasteiger partial charge is 0.504 e. The van der Waals surface area contributed by atoms with Crippen molar-refractivity contribution >= 4 is 46.0 Å². The fraction of sp³-hybridized carbons (Fsp3) is 0.406. The smallest absolute Gasteiger partial charge is 0.416 e. The van der Waals surface area contributed by atoms with Gasteiger partial charge in [-0.2, -0.15) is 13.2 Å². The summed E-state index contributed by atoms with van der Waals surface area (Å²) in [5, 5.41) is 23.4. The molecule has 1 aliphatic rings. The molecule has 4 heterocycles. The van der Waals surface area contributed by atoms with Crippen molar-refractivity contribution in [2.75, 3.05) is 36.4 Å². The van der Waals surface area contributed by atoms with Gasteiger partial charge in [-0.3, -0.25) is 14.4 Å². The molecule has 0 spiro atoms. The number of carbonyl (C=O) groups is 2. The Balaban J connectivity index is 1.54. The predicted molar refractivity (Wildman–Crippen MR) is 175 cm³/mol. The fourth-order valence-corrected chi connectivity index (χ4v) is 6.04. The van der Waals surface area contributed by atoms with Crippen LogP contribution in [0.25, 0.3) is 11.2 Å². The number of fused-ring (bicyclic) bond motifs is 1. The lowest BCUT2D eigenvalue weighted by atomic mass is 10.0. The van der Waals surface area contributed by atoms with Crippen LogP contribution in [0.5, 0.6) is 5.75 Å². The number of rotatable bonds is 7. The van der Waals surface area contributed by atoms with Crippen molar-refractivity contribution in [2.45, 2.75) is 59.4 Å². The number of piperazine rings is 1. The van der Waals surface area contributed by atoms with Gasteiger partial charge < -0.3 is 29.9 Å². The minimum atomic E-state index is -4.62. The topological polar surface area (TPSA) is 167 Å². The molecule has 0 aliphatic carbocycles. The zero-order valence-electron chi connectivity index (χ0n) is 27.3. The van der Waals surface area contributed by atoms with E-state index in [1.54, 1.807) is 25.7 Å². The highest BCUT2D eigenvalue weighted by Gasteiger charge is 2.33. The van der Waals surface area contributed by atoms with E-state index in [1.807, 2.05) is 0 Å². The number of nitrogens with one attached hydrogen (secondary N) is 1. The molecule has 49 heavy (non-hydrogen) atoms. The minimum absolute atomic E-state index is 0.0411. The second-order valence-corrected chi connectivity index (χ2v) is 12.5. The van der Waals surface area contributed by atoms with Gasteiger partial charge in [0, 0.05) is 31.9 Å². The number of pyridine rings is 1. The quantitative estimate of drug-likeness (QED) is 0.257. The van der Waals surface area contributed by atoms with Crippen LogP contribution in [0, 0.1) is 13.8 Å². The molecule has 1 aromatic carbocycles. The zero-order valence-corrected chi connectivity index (χ0v) is 28.1. The molecule has 1 aliphatic heterocycles. The van der Waals surface area contributed by atoms with E-state index in [4.69, 9.17) is 11.6 Å². The highest BCUT2D eigenvalue weighted by molar-refractivity contribution is 6.33. The summed E-state index contributed by atoms with van der Waals surface area (Å²) in [6.45, 7) is 8.30. The maximum Gasteiger partial charge on any atom is 0.416 e. The standard InChI is InChI=1S/C32H34ClF3N8O5/c1-6-21-25(42-9-11-43(12-10-42)30(48)24-26(46)16(2)37-15-38-24)27(47)23-29(39-17(3)28(41-23)31(4,5)49)44(21)14-22(45)40-20-8-7-18(13-19(20)33)32(34,35)36/h7-8,13,15,46,49H,6,9-12,14H2,1-5H3,(H,40,45). The van der Waals surface area contributed by atoms with Crippen LogP contribution in [0.15, 0.2) is 29.3 Å². The fourth-order valence-electron chi connectivity index (χ4n) is 5.81. The molecule has 3 aromatic heterocycles. The summed E-state index contributed by atoms with van der Waals surface area (Å²) in [5.41, 5.74) is -1.72. The number of amides is 2. The number of aromatic nitrogens is 5. The summed E-state index contributed by atoms with van der Waals surface area (Å²) in [6.07, 6.45) is -3.17. The summed E-state index contributed by atoms with van der Waals surface area (Å²) in [6, 6.07) is 2.57. The molecule has 17 heteroatoms. The normalized spacial score (nSPS) is 14.0. The lowest BCUT2D eigenvalue weighted by Crippen LogP contribution is -2.50. The van der Waals surface area contributed by atoms with Gasteiger partial charge in [-0.1, -0.05) is 18.5 Å². The molecule has 13 nitrogen and oxygen atoms in total. The highest BCUT2D eigenvalue weighted by atomic mass is 35.5. The third-order valence-corrected chi connectivity index (χ3v) is 8.53. The number of aliphatic hydroxyl groups is 1. The van der Waals surface area contributed by atoms with Crippen molar-refractivity contribution in [1.82, 2.24) is 29.4 Å². The maximum absolute atomic E-state index is 14.2. The van der Waals surface area contributed by atoms with Gasteiger partial charge in [0.15, 0.2) is 22.6 Å². The second-order valence-electron chi connectivity index (χ2n) is 12.1. The van der Waals surface area contributed by atoms with E-state index in [0.717, 1.165) is 12.1 Å². The number of anilines is 2. The third kappa shape index (κ3) is 7.01. The van der Waals surface area contributed by atoms with Crippen molar-refractivity contribution in [2.24, 2.45) is 0 Å². The summed E-state index contributed by atoms with van der Waals surface area (Å²) in [4.78, 5) is 61.1. The molecule has 260 valence electrons. The SMILES string of the molecule is CCc1c(N2CCN(C(=O)c3ncnc(C)c3O)CC2)c(=O)c2nc(C(C)(C)O)c(C)nc2n1CC(=O)Nc1ccc(C(F)(F)F)cc1Cl. The van der Waals surface area contributed by atoms with Gasteiger partial charge in [-0.15, -0.1) is 0 Å². The number of aryl methyl sites for hydroxylation is 2. The molecule has 2 amide bonds. The number of alkyl halides is 3. The van der Waals surface area contributed by atoms with Gasteiger partial charge in [-0.05, 0) is 52.3 Å². The number of halogens is 4.